The van der Waals surface area contributed by atoms with Crippen molar-refractivity contribution in [1.82, 2.24) is 10.6 Å². The molecule has 2 aromatic carbocycles. The standard InChI is InChI=1S/C24H28N2O5/c1-16(23(29)25-14-8-2-3-13-22(27)28)26-24(30)31-15-21-19-11-6-4-9-17(19)18-10-5-7-12-20(18)21/h4-7,9-12,16,21H,2-3,8,13-15H2,1H3,(H,25,29)(H,26,30)(H,27,28)/t16-/m1/s1. The average Bonchev–Trinajstić information content (AvgIpc) is 3.08. The predicted molar refractivity (Wildman–Crippen MR) is 117 cm³/mol. The highest BCUT2D eigenvalue weighted by atomic mass is 16.5. The van der Waals surface area contributed by atoms with Gasteiger partial charge in [0.2, 0.25) is 5.91 Å². The van der Waals surface area contributed by atoms with Crippen LogP contribution in [-0.4, -0.2) is 42.3 Å². The third-order valence-corrected chi connectivity index (χ3v) is 5.44. The van der Waals surface area contributed by atoms with Gasteiger partial charge in [-0.15, -0.1) is 0 Å². The molecule has 0 aromatic heterocycles. The van der Waals surface area contributed by atoms with Crippen LogP contribution in [0.25, 0.3) is 11.1 Å². The van der Waals surface area contributed by atoms with Gasteiger partial charge in [-0.2, -0.15) is 0 Å². The normalized spacial score (nSPS) is 13.1. The Morgan fingerprint density at radius 1 is 0.968 bits per heavy atom. The van der Waals surface area contributed by atoms with E-state index < -0.39 is 18.1 Å². The van der Waals surface area contributed by atoms with Gasteiger partial charge < -0.3 is 20.5 Å². The van der Waals surface area contributed by atoms with Gasteiger partial charge in [-0.05, 0) is 42.0 Å². The number of hydrogen-bond donors (Lipinski definition) is 3. The van der Waals surface area contributed by atoms with Crippen molar-refractivity contribution in [2.24, 2.45) is 0 Å². The van der Waals surface area contributed by atoms with Crippen molar-refractivity contribution >= 4 is 18.0 Å². The second-order valence-electron chi connectivity index (χ2n) is 7.69. The van der Waals surface area contributed by atoms with E-state index in [0.717, 1.165) is 28.7 Å². The number of nitrogens with one attached hydrogen (secondary N) is 2. The van der Waals surface area contributed by atoms with E-state index >= 15 is 0 Å². The summed E-state index contributed by atoms with van der Waals surface area (Å²) in [6.07, 6.45) is 1.50. The van der Waals surface area contributed by atoms with Gasteiger partial charge in [0.25, 0.3) is 0 Å². The first-order chi connectivity index (χ1) is 15.0. The number of amides is 2. The van der Waals surface area contributed by atoms with Crippen LogP contribution in [0.4, 0.5) is 4.79 Å². The second kappa shape index (κ2) is 10.6. The molecule has 0 spiro atoms. The maximum atomic E-state index is 12.2. The van der Waals surface area contributed by atoms with E-state index in [1.54, 1.807) is 6.92 Å². The van der Waals surface area contributed by atoms with Gasteiger partial charge in [0.05, 0.1) is 0 Å². The molecule has 0 radical (unpaired) electrons. The molecule has 3 N–H and O–H groups in total. The van der Waals surface area contributed by atoms with Gasteiger partial charge in [0.1, 0.15) is 12.6 Å². The largest absolute Gasteiger partial charge is 0.481 e. The van der Waals surface area contributed by atoms with E-state index in [1.165, 1.54) is 0 Å². The average molecular weight is 424 g/mol. The van der Waals surface area contributed by atoms with Crippen LogP contribution in [0, 0.1) is 0 Å². The van der Waals surface area contributed by atoms with Crippen molar-refractivity contribution in [3.8, 4) is 11.1 Å². The van der Waals surface area contributed by atoms with Crippen molar-refractivity contribution in [1.29, 1.82) is 0 Å². The van der Waals surface area contributed by atoms with Crippen LogP contribution in [-0.2, 0) is 14.3 Å². The van der Waals surface area contributed by atoms with Crippen molar-refractivity contribution in [3.05, 3.63) is 59.7 Å². The molecule has 1 aliphatic rings. The Hall–Kier alpha value is -3.35. The molecule has 7 nitrogen and oxygen atoms in total. The highest BCUT2D eigenvalue weighted by Crippen LogP contribution is 2.44. The molecular formula is C24H28N2O5. The fourth-order valence-electron chi connectivity index (χ4n) is 3.83. The molecule has 1 aliphatic carbocycles. The zero-order valence-electron chi connectivity index (χ0n) is 17.6. The van der Waals surface area contributed by atoms with Crippen molar-refractivity contribution in [3.63, 3.8) is 0 Å². The number of hydrogen-bond acceptors (Lipinski definition) is 4. The third kappa shape index (κ3) is 5.84. The Morgan fingerprint density at radius 3 is 2.19 bits per heavy atom. The van der Waals surface area contributed by atoms with Crippen LogP contribution in [0.2, 0.25) is 0 Å². The second-order valence-corrected chi connectivity index (χ2v) is 7.69. The van der Waals surface area contributed by atoms with Crippen LogP contribution in [0.5, 0.6) is 0 Å². The van der Waals surface area contributed by atoms with Gasteiger partial charge in [-0.3, -0.25) is 9.59 Å². The van der Waals surface area contributed by atoms with E-state index in [9.17, 15) is 14.4 Å². The monoisotopic (exact) mass is 424 g/mol. The van der Waals surface area contributed by atoms with E-state index in [2.05, 4.69) is 22.8 Å². The number of carbonyl (C=O) groups excluding carboxylic acids is 2. The van der Waals surface area contributed by atoms with E-state index in [-0.39, 0.29) is 24.9 Å². The summed E-state index contributed by atoms with van der Waals surface area (Å²) in [5.41, 5.74) is 4.57. The quantitative estimate of drug-likeness (QED) is 0.505. The number of carboxylic acids is 1. The van der Waals surface area contributed by atoms with Gasteiger partial charge in [0, 0.05) is 18.9 Å². The molecule has 31 heavy (non-hydrogen) atoms. The summed E-state index contributed by atoms with van der Waals surface area (Å²) in [6.45, 7) is 2.23. The molecule has 2 amide bonds. The number of ether oxygens (including phenoxy) is 1. The molecule has 7 heteroatoms. The number of fused-ring (bicyclic) bond motifs is 3. The lowest BCUT2D eigenvalue weighted by Gasteiger charge is -2.17. The van der Waals surface area contributed by atoms with Gasteiger partial charge in [0.15, 0.2) is 0 Å². The van der Waals surface area contributed by atoms with Crippen molar-refractivity contribution in [2.45, 2.75) is 44.6 Å². The third-order valence-electron chi connectivity index (χ3n) is 5.44. The summed E-state index contributed by atoms with van der Waals surface area (Å²) in [6, 6.07) is 15.5. The number of alkyl carbamates (subject to hydrolysis) is 1. The summed E-state index contributed by atoms with van der Waals surface area (Å²) >= 11 is 0. The highest BCUT2D eigenvalue weighted by Gasteiger charge is 2.29. The SMILES string of the molecule is C[C@@H](NC(=O)OCC1c2ccccc2-c2ccccc21)C(=O)NCCCCCC(=O)O. The summed E-state index contributed by atoms with van der Waals surface area (Å²) in [4.78, 5) is 34.8. The zero-order chi connectivity index (χ0) is 22.2. The Labute approximate surface area is 181 Å². The lowest BCUT2D eigenvalue weighted by atomic mass is 9.98. The fraction of sp³-hybridized carbons (Fsp3) is 0.375. The van der Waals surface area contributed by atoms with Crippen LogP contribution in [0.3, 0.4) is 0 Å². The van der Waals surface area contributed by atoms with Gasteiger partial charge >= 0.3 is 12.1 Å². The number of unbranched alkanes of at least 4 members (excludes halogenated alkanes) is 2. The molecule has 0 heterocycles. The summed E-state index contributed by atoms with van der Waals surface area (Å²) in [5, 5.41) is 13.9. The Morgan fingerprint density at radius 2 is 1.58 bits per heavy atom. The van der Waals surface area contributed by atoms with E-state index in [0.29, 0.717) is 19.4 Å². The van der Waals surface area contributed by atoms with Crippen LogP contribution in [0.15, 0.2) is 48.5 Å². The molecule has 0 saturated carbocycles. The number of carbonyl (C=O) groups is 3. The van der Waals surface area contributed by atoms with E-state index in [1.807, 2.05) is 36.4 Å². The van der Waals surface area contributed by atoms with Gasteiger partial charge in [-0.25, -0.2) is 4.79 Å². The first-order valence-electron chi connectivity index (χ1n) is 10.6. The summed E-state index contributed by atoms with van der Waals surface area (Å²) < 4.78 is 5.45. The Balaban J connectivity index is 1.44. The maximum Gasteiger partial charge on any atom is 0.407 e. The molecule has 1 atom stereocenters. The zero-order valence-corrected chi connectivity index (χ0v) is 17.6. The lowest BCUT2D eigenvalue weighted by Crippen LogP contribution is -2.45. The fourth-order valence-corrected chi connectivity index (χ4v) is 3.83. The molecule has 2 aromatic rings. The first kappa shape index (κ1) is 22.3. The summed E-state index contributed by atoms with van der Waals surface area (Å²) in [7, 11) is 0. The minimum atomic E-state index is -0.815. The Kier molecular flexibility index (Phi) is 7.65. The van der Waals surface area contributed by atoms with Crippen molar-refractivity contribution < 1.29 is 24.2 Å². The number of benzene rings is 2. The molecule has 0 saturated heterocycles. The predicted octanol–water partition coefficient (Wildman–Crippen LogP) is 3.67. The topological polar surface area (TPSA) is 105 Å². The van der Waals surface area contributed by atoms with E-state index in [4.69, 9.17) is 9.84 Å². The number of carboxylic acid groups (broad SMARTS) is 1. The van der Waals surface area contributed by atoms with Gasteiger partial charge in [-0.1, -0.05) is 55.0 Å². The van der Waals surface area contributed by atoms with Crippen LogP contribution < -0.4 is 10.6 Å². The molecule has 0 fully saturated rings. The summed E-state index contributed by atoms with van der Waals surface area (Å²) in [5.74, 6) is -1.15. The smallest absolute Gasteiger partial charge is 0.407 e. The molecule has 0 aliphatic heterocycles. The Bertz CT molecular complexity index is 898. The van der Waals surface area contributed by atoms with Crippen LogP contribution >= 0.6 is 0 Å². The minimum absolute atomic E-state index is 0.0342. The lowest BCUT2D eigenvalue weighted by molar-refractivity contribution is -0.137. The number of rotatable bonds is 10. The maximum absolute atomic E-state index is 12.2. The first-order valence-corrected chi connectivity index (χ1v) is 10.6. The van der Waals surface area contributed by atoms with Crippen LogP contribution in [0.1, 0.15) is 49.7 Å². The molecule has 0 bridgehead atoms. The molecule has 0 unspecified atom stereocenters. The number of aliphatic carboxylic acids is 1. The molecule has 164 valence electrons. The molecule has 3 rings (SSSR count). The minimum Gasteiger partial charge on any atom is -0.481 e. The highest BCUT2D eigenvalue weighted by molar-refractivity contribution is 5.85. The van der Waals surface area contributed by atoms with Crippen molar-refractivity contribution in [2.75, 3.05) is 13.2 Å². The molecular weight excluding hydrogens is 396 g/mol.